The molecule has 0 spiro atoms. The molecule has 0 saturated carbocycles. The van der Waals surface area contributed by atoms with Crippen molar-refractivity contribution < 1.29 is 43.0 Å². The van der Waals surface area contributed by atoms with Crippen LogP contribution in [0.3, 0.4) is 0 Å². The number of methoxy groups -OCH3 is 2. The van der Waals surface area contributed by atoms with E-state index in [1.165, 1.54) is 14.2 Å². The second kappa shape index (κ2) is 19.8. The summed E-state index contributed by atoms with van der Waals surface area (Å²) in [7, 11) is 2.63. The number of nitrogens with one attached hydrogen (secondary N) is 1. The third kappa shape index (κ3) is 10.4. The number of nitrogens with two attached hydrogens (primary N) is 1. The number of nitrogens with zero attached hydrogens (tertiary/aromatic N) is 2. The molecular formula is C39H54N4O9S2. The van der Waals surface area contributed by atoms with Crippen LogP contribution < -0.4 is 11.1 Å². The largest absolute Gasteiger partial charge is 0.467 e. The van der Waals surface area contributed by atoms with Crippen molar-refractivity contribution in [2.75, 3.05) is 25.7 Å². The second-order valence-electron chi connectivity index (χ2n) is 14.8. The van der Waals surface area contributed by atoms with Gasteiger partial charge < -0.3 is 30.3 Å². The molecule has 4 fully saturated rings. The molecular weight excluding hydrogens is 733 g/mol. The number of rotatable bonds is 15. The van der Waals surface area contributed by atoms with Crippen molar-refractivity contribution in [3.8, 4) is 0 Å². The lowest BCUT2D eigenvalue weighted by molar-refractivity contribution is -0.157. The zero-order valence-corrected chi connectivity index (χ0v) is 32.9. The summed E-state index contributed by atoms with van der Waals surface area (Å²) in [5.74, 6) is -3.04. The van der Waals surface area contributed by atoms with E-state index in [9.17, 15) is 33.6 Å². The minimum absolute atomic E-state index is 0.0222. The van der Waals surface area contributed by atoms with Crippen LogP contribution in [0.5, 0.6) is 0 Å². The molecule has 54 heavy (non-hydrogen) atoms. The Hall–Kier alpha value is -3.59. The Morgan fingerprint density at radius 3 is 1.94 bits per heavy atom. The summed E-state index contributed by atoms with van der Waals surface area (Å²) in [5, 5.41) is 2.71. The van der Waals surface area contributed by atoms with Crippen molar-refractivity contribution in [1.82, 2.24) is 15.1 Å². The van der Waals surface area contributed by atoms with Gasteiger partial charge >= 0.3 is 11.9 Å². The quantitative estimate of drug-likeness (QED) is 0.248. The predicted molar refractivity (Wildman–Crippen MR) is 205 cm³/mol. The lowest BCUT2D eigenvalue weighted by Crippen LogP contribution is -2.57. The molecule has 1 aromatic rings. The standard InChI is InChI=1S/C39H54N4O9S2/c1-51-38(49)29-10-6-12-33-42(29)36(47)27(18-20-53-33)23-31(44)25(16-17-32(40)45)14-15-26(22-24-8-4-3-5-9-24)35(46)41-28-19-21-54-34-13-7-11-30(39(50)52-2)43(34)37(28)48/h3-5,8-9,25-30,33-34H,6-7,10-23H2,1-2H3,(H2,40,45)(H,41,46)/t25-,26-,27-,28+,29+,30+,33+,34+/m1/s1. The number of carbonyl (C=O) groups excluding carboxylic acids is 7. The zero-order chi connectivity index (χ0) is 38.8. The molecule has 0 unspecified atom stereocenters. The number of ether oxygens (including phenoxy) is 2. The van der Waals surface area contributed by atoms with Crippen LogP contribution in [0.2, 0.25) is 0 Å². The molecule has 4 aliphatic rings. The molecule has 0 aliphatic carbocycles. The number of esters is 2. The molecule has 5 rings (SSSR count). The number of hydrogen-bond donors (Lipinski definition) is 2. The van der Waals surface area contributed by atoms with Crippen molar-refractivity contribution >= 4 is 64.9 Å². The summed E-state index contributed by atoms with van der Waals surface area (Å²) in [4.78, 5) is 96.7. The van der Waals surface area contributed by atoms with Gasteiger partial charge in [0.1, 0.15) is 23.9 Å². The van der Waals surface area contributed by atoms with Gasteiger partial charge in [-0.1, -0.05) is 30.3 Å². The number of benzene rings is 1. The molecule has 296 valence electrons. The molecule has 0 radical (unpaired) electrons. The number of piperidine rings is 2. The van der Waals surface area contributed by atoms with Crippen LogP contribution in [0.25, 0.3) is 0 Å². The van der Waals surface area contributed by atoms with Gasteiger partial charge in [0.2, 0.25) is 23.6 Å². The van der Waals surface area contributed by atoms with Crippen molar-refractivity contribution in [1.29, 1.82) is 0 Å². The van der Waals surface area contributed by atoms with Crippen LogP contribution in [0.1, 0.15) is 89.0 Å². The minimum Gasteiger partial charge on any atom is -0.467 e. The maximum absolute atomic E-state index is 14.2. The van der Waals surface area contributed by atoms with E-state index < -0.39 is 53.7 Å². The Morgan fingerprint density at radius 2 is 1.35 bits per heavy atom. The molecule has 0 bridgehead atoms. The average molecular weight is 787 g/mol. The first kappa shape index (κ1) is 41.6. The Kier molecular flexibility index (Phi) is 15.3. The van der Waals surface area contributed by atoms with Crippen LogP contribution in [-0.2, 0) is 49.5 Å². The van der Waals surface area contributed by atoms with Crippen molar-refractivity contribution in [3.63, 3.8) is 0 Å². The Bertz CT molecular complexity index is 1530. The van der Waals surface area contributed by atoms with Gasteiger partial charge in [-0.25, -0.2) is 9.59 Å². The topological polar surface area (TPSA) is 182 Å². The van der Waals surface area contributed by atoms with Gasteiger partial charge in [0.05, 0.1) is 25.0 Å². The highest BCUT2D eigenvalue weighted by atomic mass is 32.2. The average Bonchev–Trinajstić information content (AvgIpc) is 3.43. The summed E-state index contributed by atoms with van der Waals surface area (Å²) in [6.45, 7) is 0. The van der Waals surface area contributed by atoms with E-state index in [1.807, 2.05) is 30.3 Å². The smallest absolute Gasteiger partial charge is 0.328 e. The molecule has 1 aromatic carbocycles. The van der Waals surface area contributed by atoms with Gasteiger partial charge in [0.25, 0.3) is 0 Å². The molecule has 3 N–H and O–H groups in total. The molecule has 13 nitrogen and oxygen atoms in total. The van der Waals surface area contributed by atoms with E-state index in [1.54, 1.807) is 33.3 Å². The second-order valence-corrected chi connectivity index (χ2v) is 17.3. The fourth-order valence-corrected chi connectivity index (χ4v) is 11.1. The number of amides is 4. The first-order valence-electron chi connectivity index (χ1n) is 19.2. The number of fused-ring (bicyclic) bond motifs is 2. The molecule has 4 aliphatic heterocycles. The highest BCUT2D eigenvalue weighted by Crippen LogP contribution is 2.38. The monoisotopic (exact) mass is 786 g/mol. The Balaban J connectivity index is 1.31. The maximum Gasteiger partial charge on any atom is 0.328 e. The summed E-state index contributed by atoms with van der Waals surface area (Å²) < 4.78 is 10.1. The van der Waals surface area contributed by atoms with Crippen LogP contribution in [0.4, 0.5) is 0 Å². The van der Waals surface area contributed by atoms with Crippen molar-refractivity contribution in [2.24, 2.45) is 23.5 Å². The highest BCUT2D eigenvalue weighted by Gasteiger charge is 2.45. The zero-order valence-electron chi connectivity index (χ0n) is 31.3. The third-order valence-electron chi connectivity index (χ3n) is 11.3. The number of primary amides is 1. The third-order valence-corrected chi connectivity index (χ3v) is 13.9. The van der Waals surface area contributed by atoms with E-state index in [4.69, 9.17) is 15.2 Å². The van der Waals surface area contributed by atoms with Crippen LogP contribution in [0, 0.1) is 17.8 Å². The van der Waals surface area contributed by atoms with Gasteiger partial charge in [0.15, 0.2) is 0 Å². The predicted octanol–water partition coefficient (Wildman–Crippen LogP) is 3.60. The van der Waals surface area contributed by atoms with Gasteiger partial charge in [-0.05, 0) is 94.1 Å². The normalized spacial score (nSPS) is 26.9. The fourth-order valence-electron chi connectivity index (χ4n) is 8.32. The van der Waals surface area contributed by atoms with Gasteiger partial charge in [-0.3, -0.25) is 24.0 Å². The summed E-state index contributed by atoms with van der Waals surface area (Å²) in [6.07, 6.45) is 6.10. The summed E-state index contributed by atoms with van der Waals surface area (Å²) in [6, 6.07) is 7.31. The Morgan fingerprint density at radius 1 is 0.778 bits per heavy atom. The van der Waals surface area contributed by atoms with Crippen molar-refractivity contribution in [3.05, 3.63) is 35.9 Å². The molecule has 4 amide bonds. The molecule has 15 heteroatoms. The van der Waals surface area contributed by atoms with Crippen molar-refractivity contribution in [2.45, 2.75) is 119 Å². The minimum atomic E-state index is -0.822. The van der Waals surface area contributed by atoms with Crippen LogP contribution >= 0.6 is 23.5 Å². The van der Waals surface area contributed by atoms with E-state index in [0.717, 1.165) is 31.2 Å². The number of Topliss-reactive ketones (excluding diaryl/α,β-unsaturated/α-hetero) is 1. The van der Waals surface area contributed by atoms with Gasteiger partial charge in [-0.2, -0.15) is 0 Å². The van der Waals surface area contributed by atoms with E-state index in [-0.39, 0.29) is 66.4 Å². The number of carbonyl (C=O) groups is 7. The number of thioether (sulfide) groups is 2. The lowest BCUT2D eigenvalue weighted by atomic mass is 9.83. The molecule has 4 heterocycles. The molecule has 8 atom stereocenters. The molecule has 4 saturated heterocycles. The number of hydrogen-bond acceptors (Lipinski definition) is 11. The number of ketones is 1. The Labute approximate surface area is 325 Å². The first-order valence-corrected chi connectivity index (χ1v) is 21.3. The van der Waals surface area contributed by atoms with E-state index >= 15 is 0 Å². The van der Waals surface area contributed by atoms with Gasteiger partial charge in [-0.15, -0.1) is 23.5 Å². The fraction of sp³-hybridized carbons (Fsp3) is 0.667. The van der Waals surface area contributed by atoms with Crippen LogP contribution in [-0.4, -0.2) is 106 Å². The summed E-state index contributed by atoms with van der Waals surface area (Å²) >= 11 is 3.24. The maximum atomic E-state index is 14.2. The van der Waals surface area contributed by atoms with Gasteiger partial charge in [0, 0.05) is 30.6 Å². The van der Waals surface area contributed by atoms with Crippen LogP contribution in [0.15, 0.2) is 30.3 Å². The molecule has 0 aromatic heterocycles. The first-order chi connectivity index (χ1) is 26.0. The SMILES string of the molecule is COC(=O)[C@@H]1CCC[C@@H]2SCC[C@H](CC(=O)[C@@H](CCC(N)=O)CC[C@H](Cc3ccccc3)C(=O)N[C@H]3CCS[C@H]4CCC[C@@H](C(=O)OC)N4C3=O)C(=O)N21. The summed E-state index contributed by atoms with van der Waals surface area (Å²) in [5.41, 5.74) is 6.45. The van der Waals surface area contributed by atoms with E-state index in [2.05, 4.69) is 5.32 Å². The highest BCUT2D eigenvalue weighted by molar-refractivity contribution is 8.00. The lowest BCUT2D eigenvalue weighted by Gasteiger charge is -2.40. The van der Waals surface area contributed by atoms with E-state index in [0.29, 0.717) is 43.6 Å².